The summed E-state index contributed by atoms with van der Waals surface area (Å²) in [6.07, 6.45) is 1.49. The number of rotatable bonds is 6. The molecule has 2 aromatic rings. The quantitative estimate of drug-likeness (QED) is 0.487. The zero-order valence-electron chi connectivity index (χ0n) is 17.0. The van der Waals surface area contributed by atoms with Gasteiger partial charge in [0.15, 0.2) is 0 Å². The van der Waals surface area contributed by atoms with E-state index in [1.54, 1.807) is 19.1 Å². The number of nitriles is 1. The van der Waals surface area contributed by atoms with Crippen molar-refractivity contribution in [2.75, 3.05) is 11.9 Å². The molecule has 1 aliphatic heterocycles. The maximum atomic E-state index is 13.2. The molecule has 8 nitrogen and oxygen atoms in total. The Morgan fingerprint density at radius 2 is 2.00 bits per heavy atom. The summed E-state index contributed by atoms with van der Waals surface area (Å²) in [6, 6.07) is 7.70. The van der Waals surface area contributed by atoms with Gasteiger partial charge in [-0.05, 0) is 36.3 Å². The first kappa shape index (κ1) is 23.2. The molecule has 0 aliphatic carbocycles. The Kier molecular flexibility index (Phi) is 6.76. The summed E-state index contributed by atoms with van der Waals surface area (Å²) in [5.74, 6) is -1.80. The van der Waals surface area contributed by atoms with Gasteiger partial charge >= 0.3 is 5.97 Å². The molecule has 0 radical (unpaired) electrons. The van der Waals surface area contributed by atoms with Crippen molar-refractivity contribution in [2.24, 2.45) is 7.05 Å². The number of carbonyl (C=O) groups is 2. The summed E-state index contributed by atoms with van der Waals surface area (Å²) in [5, 5.41) is 21.6. The minimum absolute atomic E-state index is 0.0768. The molecule has 0 atom stereocenters. The highest BCUT2D eigenvalue weighted by atomic mass is 32.2. The third-order valence-electron chi connectivity index (χ3n) is 4.82. The Bertz CT molecular complexity index is 1260. The number of thiocarbonyl (C=S) groups is 1. The molecule has 0 unspecified atom stereocenters. The van der Waals surface area contributed by atoms with Crippen LogP contribution in [-0.4, -0.2) is 37.3 Å². The van der Waals surface area contributed by atoms with E-state index in [-0.39, 0.29) is 27.2 Å². The topological polar surface area (TPSA) is 115 Å². The highest BCUT2D eigenvalue weighted by Gasteiger charge is 2.34. The number of carboxylic acid groups (broad SMARTS) is 1. The Labute approximate surface area is 192 Å². The van der Waals surface area contributed by atoms with E-state index in [9.17, 15) is 24.0 Å². The molecule has 164 valence electrons. The van der Waals surface area contributed by atoms with Gasteiger partial charge in [0.25, 0.3) is 11.5 Å². The number of halogens is 1. The Balaban J connectivity index is 2.07. The van der Waals surface area contributed by atoms with Crippen molar-refractivity contribution in [3.63, 3.8) is 0 Å². The van der Waals surface area contributed by atoms with Crippen molar-refractivity contribution in [1.29, 1.82) is 5.26 Å². The van der Waals surface area contributed by atoms with Crippen LogP contribution in [0.1, 0.15) is 22.3 Å². The zero-order chi connectivity index (χ0) is 23.6. The summed E-state index contributed by atoms with van der Waals surface area (Å²) in [6.45, 7) is 1.28. The predicted molar refractivity (Wildman–Crippen MR) is 122 cm³/mol. The average Bonchev–Trinajstić information content (AvgIpc) is 3.00. The van der Waals surface area contributed by atoms with Gasteiger partial charge in [-0.3, -0.25) is 23.9 Å². The third-order valence-corrected chi connectivity index (χ3v) is 6.19. The lowest BCUT2D eigenvalue weighted by Gasteiger charge is -2.18. The summed E-state index contributed by atoms with van der Waals surface area (Å²) in [4.78, 5) is 37.5. The Hall–Kier alpha value is -3.49. The molecule has 0 saturated carbocycles. The monoisotopic (exact) mass is 472 g/mol. The van der Waals surface area contributed by atoms with E-state index < -0.39 is 24.0 Å². The van der Waals surface area contributed by atoms with Gasteiger partial charge in [0.05, 0.1) is 4.91 Å². The van der Waals surface area contributed by atoms with Crippen LogP contribution in [0, 0.1) is 24.1 Å². The number of carboxylic acids is 1. The number of anilines is 1. The van der Waals surface area contributed by atoms with Crippen molar-refractivity contribution < 1.29 is 19.1 Å². The maximum Gasteiger partial charge on any atom is 0.323 e. The molecular weight excluding hydrogens is 455 g/mol. The number of amides is 1. The fourth-order valence-electron chi connectivity index (χ4n) is 3.14. The van der Waals surface area contributed by atoms with Gasteiger partial charge in [0.2, 0.25) is 0 Å². The van der Waals surface area contributed by atoms with Gasteiger partial charge in [-0.15, -0.1) is 0 Å². The lowest BCUT2D eigenvalue weighted by atomic mass is 10.0. The van der Waals surface area contributed by atoms with Crippen LogP contribution < -0.4 is 10.9 Å². The molecule has 32 heavy (non-hydrogen) atoms. The number of thioether (sulfide) groups is 1. The molecule has 1 aromatic heterocycles. The molecule has 1 aromatic carbocycles. The summed E-state index contributed by atoms with van der Waals surface area (Å²) in [5.41, 5.74) is 0.941. The molecule has 1 saturated heterocycles. The van der Waals surface area contributed by atoms with Crippen LogP contribution in [0.15, 0.2) is 34.0 Å². The van der Waals surface area contributed by atoms with Crippen LogP contribution in [0.5, 0.6) is 0 Å². The minimum atomic E-state index is -1.20. The molecule has 3 rings (SSSR count). The molecular formula is C21H17FN4O4S2. The third kappa shape index (κ3) is 4.56. The maximum absolute atomic E-state index is 13.2. The molecule has 2 N–H and O–H groups in total. The second-order valence-corrected chi connectivity index (χ2v) is 8.56. The first-order valence-electron chi connectivity index (χ1n) is 9.23. The van der Waals surface area contributed by atoms with Gasteiger partial charge in [0.1, 0.15) is 34.1 Å². The minimum Gasteiger partial charge on any atom is -0.480 e. The van der Waals surface area contributed by atoms with Crippen LogP contribution in [0.3, 0.4) is 0 Å². The number of hydrogen-bond donors (Lipinski definition) is 2. The largest absolute Gasteiger partial charge is 0.480 e. The van der Waals surface area contributed by atoms with Crippen molar-refractivity contribution in [2.45, 2.75) is 13.5 Å². The van der Waals surface area contributed by atoms with E-state index in [2.05, 4.69) is 5.32 Å². The number of hydrogen-bond acceptors (Lipinski definition) is 7. The van der Waals surface area contributed by atoms with Crippen molar-refractivity contribution in [3.05, 3.63) is 67.6 Å². The van der Waals surface area contributed by atoms with E-state index in [4.69, 9.17) is 17.3 Å². The van der Waals surface area contributed by atoms with Crippen LogP contribution in [0.2, 0.25) is 0 Å². The van der Waals surface area contributed by atoms with Crippen molar-refractivity contribution >= 4 is 52.1 Å². The summed E-state index contributed by atoms with van der Waals surface area (Å²) < 4.78 is 14.6. The number of nitrogens with zero attached hydrogens (tertiary/aromatic N) is 3. The number of aliphatic carboxylic acids is 1. The highest BCUT2D eigenvalue weighted by Crippen LogP contribution is 2.34. The van der Waals surface area contributed by atoms with Crippen molar-refractivity contribution in [3.8, 4) is 6.07 Å². The fourth-order valence-corrected chi connectivity index (χ4v) is 4.37. The van der Waals surface area contributed by atoms with Crippen LogP contribution in [-0.2, 0) is 23.2 Å². The van der Waals surface area contributed by atoms with E-state index in [0.29, 0.717) is 16.9 Å². The summed E-state index contributed by atoms with van der Waals surface area (Å²) >= 11 is 6.07. The number of carbonyl (C=O) groups excluding carboxylic acids is 1. The molecule has 1 aliphatic rings. The molecule has 0 bridgehead atoms. The van der Waals surface area contributed by atoms with E-state index in [1.165, 1.54) is 29.8 Å². The number of benzene rings is 1. The Morgan fingerprint density at radius 1 is 1.34 bits per heavy atom. The van der Waals surface area contributed by atoms with Gasteiger partial charge in [-0.25, -0.2) is 4.39 Å². The SMILES string of the molecule is Cc1c(/C=C2/SC(=S)N(CC(=O)O)C2=O)c(NCc2ccc(F)cc2)n(C)c(=O)c1C#N. The fraction of sp³-hybridized carbons (Fsp3) is 0.190. The molecule has 2 heterocycles. The lowest BCUT2D eigenvalue weighted by molar-refractivity contribution is -0.140. The van der Waals surface area contributed by atoms with Crippen LogP contribution >= 0.6 is 24.0 Å². The van der Waals surface area contributed by atoms with Gasteiger partial charge in [-0.1, -0.05) is 36.1 Å². The first-order valence-corrected chi connectivity index (χ1v) is 10.5. The zero-order valence-corrected chi connectivity index (χ0v) is 18.6. The Morgan fingerprint density at radius 3 is 2.59 bits per heavy atom. The lowest BCUT2D eigenvalue weighted by Crippen LogP contribution is -2.33. The molecule has 11 heteroatoms. The van der Waals surface area contributed by atoms with E-state index in [1.807, 2.05) is 6.07 Å². The molecule has 0 spiro atoms. The van der Waals surface area contributed by atoms with Crippen molar-refractivity contribution in [1.82, 2.24) is 9.47 Å². The molecule has 1 amide bonds. The average molecular weight is 473 g/mol. The number of nitrogens with one attached hydrogen (secondary N) is 1. The first-order chi connectivity index (χ1) is 15.1. The number of pyridine rings is 1. The highest BCUT2D eigenvalue weighted by molar-refractivity contribution is 8.26. The molecule has 1 fully saturated rings. The normalized spacial score (nSPS) is 14.7. The number of aromatic nitrogens is 1. The standard InChI is InChI=1S/C21H17FN4O4S2/c1-11-14(7-16-20(30)26(10-17(27)28)21(31)32-16)18(25(2)19(29)15(11)8-23)24-9-12-3-5-13(22)6-4-12/h3-7,24H,9-10H2,1-2H3,(H,27,28)/b16-7+. The second-order valence-electron chi connectivity index (χ2n) is 6.88. The van der Waals surface area contributed by atoms with E-state index >= 15 is 0 Å². The van der Waals surface area contributed by atoms with Gasteiger partial charge in [-0.2, -0.15) is 5.26 Å². The smallest absolute Gasteiger partial charge is 0.323 e. The van der Waals surface area contributed by atoms with Gasteiger partial charge < -0.3 is 10.4 Å². The van der Waals surface area contributed by atoms with E-state index in [0.717, 1.165) is 22.2 Å². The van der Waals surface area contributed by atoms with Gasteiger partial charge in [0, 0.05) is 19.2 Å². The predicted octanol–water partition coefficient (Wildman–Crippen LogP) is 2.60. The summed E-state index contributed by atoms with van der Waals surface area (Å²) in [7, 11) is 1.49. The van der Waals surface area contributed by atoms with Crippen LogP contribution in [0.4, 0.5) is 10.2 Å². The second kappa shape index (κ2) is 9.33. The van der Waals surface area contributed by atoms with Crippen LogP contribution in [0.25, 0.3) is 6.08 Å².